The van der Waals surface area contributed by atoms with Gasteiger partial charge in [-0.15, -0.1) is 0 Å². The van der Waals surface area contributed by atoms with Crippen LogP contribution < -0.4 is 4.74 Å². The summed E-state index contributed by atoms with van der Waals surface area (Å²) in [7, 11) is 0. The molecule has 0 bridgehead atoms. The molecule has 0 saturated carbocycles. The van der Waals surface area contributed by atoms with Crippen molar-refractivity contribution in [2.75, 3.05) is 19.6 Å². The molecule has 0 N–H and O–H groups in total. The van der Waals surface area contributed by atoms with Crippen molar-refractivity contribution in [3.63, 3.8) is 0 Å². The predicted octanol–water partition coefficient (Wildman–Crippen LogP) is 3.35. The van der Waals surface area contributed by atoms with Gasteiger partial charge < -0.3 is 4.74 Å². The summed E-state index contributed by atoms with van der Waals surface area (Å²) >= 11 is 0. The van der Waals surface area contributed by atoms with E-state index in [1.807, 2.05) is 12.1 Å². The van der Waals surface area contributed by atoms with Crippen LogP contribution in [0.15, 0.2) is 24.3 Å². The number of rotatable bonds is 5. The highest BCUT2D eigenvalue weighted by Crippen LogP contribution is 2.25. The Morgan fingerprint density at radius 2 is 1.91 bits per heavy atom. The largest absolute Gasteiger partial charge is 0.435 e. The van der Waals surface area contributed by atoms with Crippen LogP contribution in [0.3, 0.4) is 0 Å². The quantitative estimate of drug-likeness (QED) is 0.829. The maximum atomic E-state index is 12.1. The van der Waals surface area contributed by atoms with Gasteiger partial charge in [-0.2, -0.15) is 8.78 Å². The SMILES string of the molecule is C[C@@H]1CCCCN1C1CN(Cc2ccc(OC(F)F)cc2)C1. The molecule has 2 aliphatic heterocycles. The molecule has 5 heteroatoms. The van der Waals surface area contributed by atoms with E-state index in [0.717, 1.165) is 25.2 Å². The second-order valence-electron chi connectivity index (χ2n) is 6.45. The predicted molar refractivity (Wildman–Crippen MR) is 82.2 cm³/mol. The molecule has 2 aliphatic rings. The number of benzene rings is 1. The Kier molecular flexibility index (Phi) is 4.93. The Bertz CT molecular complexity index is 474. The van der Waals surface area contributed by atoms with Crippen LogP contribution in [0.1, 0.15) is 31.7 Å². The van der Waals surface area contributed by atoms with Crippen LogP contribution in [0.25, 0.3) is 0 Å². The number of halogens is 2. The minimum atomic E-state index is -2.76. The molecule has 2 saturated heterocycles. The first-order chi connectivity index (χ1) is 10.6. The van der Waals surface area contributed by atoms with E-state index >= 15 is 0 Å². The van der Waals surface area contributed by atoms with Gasteiger partial charge in [0.05, 0.1) is 0 Å². The Hall–Kier alpha value is -1.20. The number of hydrogen-bond donors (Lipinski definition) is 0. The third kappa shape index (κ3) is 3.76. The van der Waals surface area contributed by atoms with Gasteiger partial charge in [-0.25, -0.2) is 0 Å². The van der Waals surface area contributed by atoms with E-state index in [-0.39, 0.29) is 5.75 Å². The van der Waals surface area contributed by atoms with E-state index in [1.54, 1.807) is 12.1 Å². The molecule has 1 aromatic rings. The second-order valence-corrected chi connectivity index (χ2v) is 6.45. The minimum Gasteiger partial charge on any atom is -0.435 e. The van der Waals surface area contributed by atoms with Crippen LogP contribution in [0.5, 0.6) is 5.75 Å². The van der Waals surface area contributed by atoms with Gasteiger partial charge in [-0.1, -0.05) is 18.6 Å². The standard InChI is InChI=1S/C17H24F2N2O/c1-13-4-2-3-9-21(13)15-11-20(12-15)10-14-5-7-16(8-6-14)22-17(18)19/h5-8,13,15,17H,2-4,9-12H2,1H3/t13-/m1/s1. The number of ether oxygens (including phenoxy) is 1. The zero-order chi connectivity index (χ0) is 15.5. The summed E-state index contributed by atoms with van der Waals surface area (Å²) in [5.41, 5.74) is 1.15. The summed E-state index contributed by atoms with van der Waals surface area (Å²) in [5, 5.41) is 0. The van der Waals surface area contributed by atoms with Gasteiger partial charge in [0.2, 0.25) is 0 Å². The van der Waals surface area contributed by atoms with Crippen LogP contribution in [-0.4, -0.2) is 48.1 Å². The molecular formula is C17H24F2N2O. The first kappa shape index (κ1) is 15.7. The monoisotopic (exact) mass is 310 g/mol. The van der Waals surface area contributed by atoms with Crippen molar-refractivity contribution < 1.29 is 13.5 Å². The van der Waals surface area contributed by atoms with Crippen molar-refractivity contribution in [3.8, 4) is 5.75 Å². The smallest absolute Gasteiger partial charge is 0.387 e. The molecule has 0 aliphatic carbocycles. The van der Waals surface area contributed by atoms with Gasteiger partial charge in [-0.05, 0) is 44.0 Å². The van der Waals surface area contributed by atoms with Gasteiger partial charge in [-0.3, -0.25) is 9.80 Å². The Morgan fingerprint density at radius 3 is 2.55 bits per heavy atom. The molecule has 1 atom stereocenters. The fraction of sp³-hybridized carbons (Fsp3) is 0.647. The third-order valence-electron chi connectivity index (χ3n) is 4.82. The van der Waals surface area contributed by atoms with Gasteiger partial charge in [0.15, 0.2) is 0 Å². The highest BCUT2D eigenvalue weighted by atomic mass is 19.3. The van der Waals surface area contributed by atoms with Gasteiger partial charge in [0, 0.05) is 31.7 Å². The molecule has 122 valence electrons. The lowest BCUT2D eigenvalue weighted by atomic mass is 9.97. The van der Waals surface area contributed by atoms with Gasteiger partial charge in [0.1, 0.15) is 5.75 Å². The number of alkyl halides is 2. The molecular weight excluding hydrogens is 286 g/mol. The fourth-order valence-electron chi connectivity index (χ4n) is 3.58. The van der Waals surface area contributed by atoms with Crippen LogP contribution in [-0.2, 0) is 6.54 Å². The van der Waals surface area contributed by atoms with E-state index in [1.165, 1.54) is 25.8 Å². The highest BCUT2D eigenvalue weighted by Gasteiger charge is 2.34. The average molecular weight is 310 g/mol. The summed E-state index contributed by atoms with van der Waals surface area (Å²) in [4.78, 5) is 5.06. The van der Waals surface area contributed by atoms with E-state index < -0.39 is 6.61 Å². The zero-order valence-corrected chi connectivity index (χ0v) is 13.0. The Morgan fingerprint density at radius 1 is 1.18 bits per heavy atom. The molecule has 0 amide bonds. The summed E-state index contributed by atoms with van der Waals surface area (Å²) in [6.45, 7) is 3.92. The number of hydrogen-bond acceptors (Lipinski definition) is 3. The molecule has 2 heterocycles. The molecule has 0 aromatic heterocycles. The van der Waals surface area contributed by atoms with Gasteiger partial charge >= 0.3 is 6.61 Å². The molecule has 22 heavy (non-hydrogen) atoms. The van der Waals surface area contributed by atoms with Crippen LogP contribution in [0, 0.1) is 0 Å². The fourth-order valence-corrected chi connectivity index (χ4v) is 3.58. The van der Waals surface area contributed by atoms with Crippen molar-refractivity contribution in [1.29, 1.82) is 0 Å². The number of nitrogens with zero attached hydrogens (tertiary/aromatic N) is 2. The van der Waals surface area contributed by atoms with E-state index in [9.17, 15) is 8.78 Å². The molecule has 0 spiro atoms. The highest BCUT2D eigenvalue weighted by molar-refractivity contribution is 5.27. The van der Waals surface area contributed by atoms with Crippen LogP contribution in [0.2, 0.25) is 0 Å². The first-order valence-corrected chi connectivity index (χ1v) is 8.13. The lowest BCUT2D eigenvalue weighted by Crippen LogP contribution is -2.61. The van der Waals surface area contributed by atoms with Crippen molar-refractivity contribution in [2.24, 2.45) is 0 Å². The summed E-state index contributed by atoms with van der Waals surface area (Å²) in [5.74, 6) is 0.224. The number of likely N-dealkylation sites (tertiary alicyclic amines) is 2. The zero-order valence-electron chi connectivity index (χ0n) is 13.0. The van der Waals surface area contributed by atoms with E-state index in [0.29, 0.717) is 12.1 Å². The molecule has 3 rings (SSSR count). The average Bonchev–Trinajstić information content (AvgIpc) is 2.45. The lowest BCUT2D eigenvalue weighted by molar-refractivity contribution is -0.0498. The first-order valence-electron chi connectivity index (χ1n) is 8.13. The normalized spacial score (nSPS) is 24.5. The van der Waals surface area contributed by atoms with Crippen molar-refractivity contribution in [2.45, 2.75) is 51.4 Å². The lowest BCUT2D eigenvalue weighted by Gasteiger charge is -2.49. The Labute approximate surface area is 130 Å². The van der Waals surface area contributed by atoms with Crippen molar-refractivity contribution >= 4 is 0 Å². The number of piperidine rings is 1. The van der Waals surface area contributed by atoms with Crippen molar-refractivity contribution in [3.05, 3.63) is 29.8 Å². The van der Waals surface area contributed by atoms with E-state index in [2.05, 4.69) is 21.5 Å². The summed E-state index contributed by atoms with van der Waals surface area (Å²) < 4.78 is 28.6. The summed E-state index contributed by atoms with van der Waals surface area (Å²) in [6, 6.07) is 8.38. The molecule has 2 fully saturated rings. The molecule has 0 unspecified atom stereocenters. The molecule has 1 aromatic carbocycles. The van der Waals surface area contributed by atoms with Crippen molar-refractivity contribution in [1.82, 2.24) is 9.80 Å². The Balaban J connectivity index is 1.45. The maximum absolute atomic E-state index is 12.1. The molecule has 3 nitrogen and oxygen atoms in total. The van der Waals surface area contributed by atoms with E-state index in [4.69, 9.17) is 0 Å². The summed E-state index contributed by atoms with van der Waals surface area (Å²) in [6.07, 6.45) is 4.01. The topological polar surface area (TPSA) is 15.7 Å². The maximum Gasteiger partial charge on any atom is 0.387 e. The van der Waals surface area contributed by atoms with Gasteiger partial charge in [0.25, 0.3) is 0 Å². The third-order valence-corrected chi connectivity index (χ3v) is 4.82. The molecule has 0 radical (unpaired) electrons. The second kappa shape index (κ2) is 6.92. The van der Waals surface area contributed by atoms with Crippen LogP contribution in [0.4, 0.5) is 8.78 Å². The van der Waals surface area contributed by atoms with Crippen LogP contribution >= 0.6 is 0 Å². The minimum absolute atomic E-state index is 0.224.